The van der Waals surface area contributed by atoms with Crippen molar-refractivity contribution in [2.24, 2.45) is 0 Å². The van der Waals surface area contributed by atoms with E-state index in [1.807, 2.05) is 25.2 Å². The lowest BCUT2D eigenvalue weighted by Gasteiger charge is -2.14. The van der Waals surface area contributed by atoms with Gasteiger partial charge < -0.3 is 10.1 Å². The Bertz CT molecular complexity index is 581. The number of aryl methyl sites for hydroxylation is 1. The molecule has 1 N–H and O–H groups in total. The summed E-state index contributed by atoms with van der Waals surface area (Å²) in [6, 6.07) is 12.1. The molecule has 0 aliphatic heterocycles. The summed E-state index contributed by atoms with van der Waals surface area (Å²) in [5.74, 6) is 0.840. The van der Waals surface area contributed by atoms with Crippen molar-refractivity contribution >= 4 is 11.6 Å². The largest absolute Gasteiger partial charge is 0.496 e. The van der Waals surface area contributed by atoms with E-state index in [9.17, 15) is 0 Å². The molecule has 2 nitrogen and oxygen atoms in total. The van der Waals surface area contributed by atoms with E-state index in [4.69, 9.17) is 16.3 Å². The van der Waals surface area contributed by atoms with Gasteiger partial charge in [-0.05, 0) is 43.3 Å². The van der Waals surface area contributed by atoms with Crippen LogP contribution in [0.25, 0.3) is 11.1 Å². The van der Waals surface area contributed by atoms with Gasteiger partial charge in [0.05, 0.1) is 7.11 Å². The van der Waals surface area contributed by atoms with Gasteiger partial charge in [-0.15, -0.1) is 0 Å². The molecule has 0 radical (unpaired) electrons. The van der Waals surface area contributed by atoms with Crippen LogP contribution in [0.3, 0.4) is 0 Å². The van der Waals surface area contributed by atoms with Crippen LogP contribution >= 0.6 is 11.6 Å². The lowest BCUT2D eigenvalue weighted by Crippen LogP contribution is -2.06. The van der Waals surface area contributed by atoms with Crippen molar-refractivity contribution in [3.8, 4) is 16.9 Å². The molecule has 0 aromatic heterocycles. The van der Waals surface area contributed by atoms with E-state index in [1.54, 1.807) is 7.11 Å². The molecule has 0 bridgehead atoms. The summed E-state index contributed by atoms with van der Waals surface area (Å²) in [7, 11) is 3.62. The van der Waals surface area contributed by atoms with Crippen molar-refractivity contribution in [2.75, 3.05) is 14.2 Å². The van der Waals surface area contributed by atoms with Crippen LogP contribution in [0, 0.1) is 6.92 Å². The topological polar surface area (TPSA) is 21.3 Å². The molecule has 0 spiro atoms. The monoisotopic (exact) mass is 275 g/mol. The minimum atomic E-state index is 0.715. The molecule has 0 unspecified atom stereocenters. The van der Waals surface area contributed by atoms with Gasteiger partial charge >= 0.3 is 0 Å². The Hall–Kier alpha value is -1.51. The second-order valence-electron chi connectivity index (χ2n) is 4.54. The number of benzene rings is 2. The van der Waals surface area contributed by atoms with Gasteiger partial charge in [-0.1, -0.05) is 35.4 Å². The summed E-state index contributed by atoms with van der Waals surface area (Å²) in [6.45, 7) is 2.90. The fourth-order valence-corrected chi connectivity index (χ4v) is 2.35. The van der Waals surface area contributed by atoms with E-state index in [0.29, 0.717) is 5.02 Å². The first-order valence-corrected chi connectivity index (χ1v) is 6.61. The first kappa shape index (κ1) is 13.9. The summed E-state index contributed by atoms with van der Waals surface area (Å²) in [5.41, 5.74) is 4.64. The molecule has 100 valence electrons. The van der Waals surface area contributed by atoms with Gasteiger partial charge in [0.15, 0.2) is 0 Å². The van der Waals surface area contributed by atoms with E-state index < -0.39 is 0 Å². The standard InChI is InChI=1S/C16H18ClNO/c1-11-4-5-12(10-18-2)14(8-11)15-9-13(17)6-7-16(15)19-3/h4-9,18H,10H2,1-3H3. The number of methoxy groups -OCH3 is 1. The maximum absolute atomic E-state index is 6.12. The van der Waals surface area contributed by atoms with Crippen LogP contribution in [-0.4, -0.2) is 14.2 Å². The molecule has 3 heteroatoms. The van der Waals surface area contributed by atoms with E-state index in [-0.39, 0.29) is 0 Å². The molecule has 0 saturated heterocycles. The number of rotatable bonds is 4. The highest BCUT2D eigenvalue weighted by molar-refractivity contribution is 6.31. The minimum absolute atomic E-state index is 0.715. The number of nitrogens with one attached hydrogen (secondary N) is 1. The van der Waals surface area contributed by atoms with Crippen LogP contribution in [0.5, 0.6) is 5.75 Å². The fraction of sp³-hybridized carbons (Fsp3) is 0.250. The van der Waals surface area contributed by atoms with Gasteiger partial charge in [0, 0.05) is 17.1 Å². The Morgan fingerprint density at radius 3 is 2.58 bits per heavy atom. The van der Waals surface area contributed by atoms with Crippen LogP contribution in [0.4, 0.5) is 0 Å². The summed E-state index contributed by atoms with van der Waals surface area (Å²) in [4.78, 5) is 0. The van der Waals surface area contributed by atoms with Crippen molar-refractivity contribution in [3.05, 3.63) is 52.5 Å². The molecule has 0 saturated carbocycles. The van der Waals surface area contributed by atoms with Crippen LogP contribution in [0.15, 0.2) is 36.4 Å². The molecule has 0 aliphatic carbocycles. The predicted octanol–water partition coefficient (Wildman–Crippen LogP) is 4.04. The summed E-state index contributed by atoms with van der Waals surface area (Å²) in [5, 5.41) is 3.91. The molecule has 2 aromatic carbocycles. The highest BCUT2D eigenvalue weighted by Crippen LogP contribution is 2.35. The van der Waals surface area contributed by atoms with E-state index in [2.05, 4.69) is 30.4 Å². The zero-order chi connectivity index (χ0) is 13.8. The SMILES string of the molecule is CNCc1ccc(C)cc1-c1cc(Cl)ccc1OC. The predicted molar refractivity (Wildman–Crippen MR) is 80.9 cm³/mol. The van der Waals surface area contributed by atoms with Crippen molar-refractivity contribution < 1.29 is 4.74 Å². The van der Waals surface area contributed by atoms with Gasteiger partial charge in [0.2, 0.25) is 0 Å². The summed E-state index contributed by atoms with van der Waals surface area (Å²) >= 11 is 6.12. The number of ether oxygens (including phenoxy) is 1. The van der Waals surface area contributed by atoms with Gasteiger partial charge in [-0.2, -0.15) is 0 Å². The molecule has 0 heterocycles. The van der Waals surface area contributed by atoms with Crippen molar-refractivity contribution in [2.45, 2.75) is 13.5 Å². The number of hydrogen-bond donors (Lipinski definition) is 1. The third kappa shape index (κ3) is 3.09. The highest BCUT2D eigenvalue weighted by Gasteiger charge is 2.11. The van der Waals surface area contributed by atoms with E-state index in [1.165, 1.54) is 11.1 Å². The molecular weight excluding hydrogens is 258 g/mol. The van der Waals surface area contributed by atoms with E-state index >= 15 is 0 Å². The zero-order valence-corrected chi connectivity index (χ0v) is 12.2. The van der Waals surface area contributed by atoms with Crippen molar-refractivity contribution in [1.82, 2.24) is 5.32 Å². The summed E-state index contributed by atoms with van der Waals surface area (Å²) < 4.78 is 5.45. The average molecular weight is 276 g/mol. The average Bonchev–Trinajstić information content (AvgIpc) is 2.41. The van der Waals surface area contributed by atoms with Gasteiger partial charge in [0.25, 0.3) is 0 Å². The highest BCUT2D eigenvalue weighted by atomic mass is 35.5. The summed E-state index contributed by atoms with van der Waals surface area (Å²) in [6.07, 6.45) is 0. The quantitative estimate of drug-likeness (QED) is 0.909. The van der Waals surface area contributed by atoms with Crippen molar-refractivity contribution in [3.63, 3.8) is 0 Å². The molecule has 0 fully saturated rings. The van der Waals surface area contributed by atoms with Crippen LogP contribution in [0.1, 0.15) is 11.1 Å². The van der Waals surface area contributed by atoms with Gasteiger partial charge in [0.1, 0.15) is 5.75 Å². The minimum Gasteiger partial charge on any atom is -0.496 e. The van der Waals surface area contributed by atoms with Crippen molar-refractivity contribution in [1.29, 1.82) is 0 Å². The first-order chi connectivity index (χ1) is 9.15. The van der Waals surface area contributed by atoms with Gasteiger partial charge in [-0.3, -0.25) is 0 Å². The smallest absolute Gasteiger partial charge is 0.126 e. The Balaban J connectivity index is 2.62. The number of hydrogen-bond acceptors (Lipinski definition) is 2. The lowest BCUT2D eigenvalue weighted by atomic mass is 9.96. The third-order valence-electron chi connectivity index (χ3n) is 3.08. The van der Waals surface area contributed by atoms with Crippen LogP contribution in [-0.2, 0) is 6.54 Å². The van der Waals surface area contributed by atoms with Crippen LogP contribution in [0.2, 0.25) is 5.02 Å². The normalized spacial score (nSPS) is 10.5. The first-order valence-electron chi connectivity index (χ1n) is 6.23. The molecule has 19 heavy (non-hydrogen) atoms. The molecule has 0 atom stereocenters. The third-order valence-corrected chi connectivity index (χ3v) is 3.32. The second kappa shape index (κ2) is 6.09. The number of halogens is 1. The second-order valence-corrected chi connectivity index (χ2v) is 4.97. The fourth-order valence-electron chi connectivity index (χ4n) is 2.18. The van der Waals surface area contributed by atoms with E-state index in [0.717, 1.165) is 23.4 Å². The maximum atomic E-state index is 6.12. The Kier molecular flexibility index (Phi) is 4.46. The zero-order valence-electron chi connectivity index (χ0n) is 11.5. The molecule has 2 aromatic rings. The molecule has 2 rings (SSSR count). The van der Waals surface area contributed by atoms with Crippen LogP contribution < -0.4 is 10.1 Å². The molecule has 0 amide bonds. The maximum Gasteiger partial charge on any atom is 0.126 e. The molecule has 0 aliphatic rings. The lowest BCUT2D eigenvalue weighted by molar-refractivity contribution is 0.416. The Morgan fingerprint density at radius 1 is 1.11 bits per heavy atom. The molecular formula is C16H18ClNO. The van der Waals surface area contributed by atoms with Gasteiger partial charge in [-0.25, -0.2) is 0 Å². The Morgan fingerprint density at radius 2 is 1.89 bits per heavy atom. The Labute approximate surface area is 119 Å².